The Balaban J connectivity index is 1.38. The van der Waals surface area contributed by atoms with Crippen molar-refractivity contribution in [1.82, 2.24) is 20.4 Å². The molecule has 3 atom stereocenters. The summed E-state index contributed by atoms with van der Waals surface area (Å²) in [5.74, 6) is 0. The molecule has 0 bridgehead atoms. The van der Waals surface area contributed by atoms with E-state index >= 15 is 0 Å². The summed E-state index contributed by atoms with van der Waals surface area (Å²) >= 11 is 0. The van der Waals surface area contributed by atoms with Gasteiger partial charge in [0.2, 0.25) is 0 Å². The van der Waals surface area contributed by atoms with Crippen molar-refractivity contribution in [2.45, 2.75) is 31.3 Å². The fraction of sp³-hybridized carbons (Fsp3) is 0.652. The van der Waals surface area contributed by atoms with E-state index < -0.39 is 18.3 Å². The summed E-state index contributed by atoms with van der Waals surface area (Å²) in [6.45, 7) is 6.26. The van der Waals surface area contributed by atoms with Gasteiger partial charge in [-0.2, -0.15) is 0 Å². The minimum absolute atomic E-state index is 0.0455. The monoisotopic (exact) mass is 462 g/mol. The minimum Gasteiger partial charge on any atom is -0.447 e. The lowest BCUT2D eigenvalue weighted by Crippen LogP contribution is -2.53. The second kappa shape index (κ2) is 12.2. The summed E-state index contributed by atoms with van der Waals surface area (Å²) in [6, 6.07) is 9.80. The molecule has 2 amide bonds. The molecule has 3 aliphatic heterocycles. The fourth-order valence-electron chi connectivity index (χ4n) is 4.23. The van der Waals surface area contributed by atoms with Gasteiger partial charge < -0.3 is 39.4 Å². The van der Waals surface area contributed by atoms with E-state index in [-0.39, 0.29) is 18.8 Å². The molecule has 33 heavy (non-hydrogen) atoms. The molecule has 0 aromatic heterocycles. The zero-order chi connectivity index (χ0) is 22.9. The molecule has 10 nitrogen and oxygen atoms in total. The first-order valence-corrected chi connectivity index (χ1v) is 11.8. The van der Waals surface area contributed by atoms with Gasteiger partial charge in [-0.1, -0.05) is 30.3 Å². The van der Waals surface area contributed by atoms with Crippen LogP contribution in [0.15, 0.2) is 30.3 Å². The van der Waals surface area contributed by atoms with Gasteiger partial charge in [0.25, 0.3) is 0 Å². The molecule has 0 saturated carbocycles. The molecule has 3 fully saturated rings. The summed E-state index contributed by atoms with van der Waals surface area (Å²) < 4.78 is 23.6. The van der Waals surface area contributed by atoms with Crippen LogP contribution in [-0.2, 0) is 25.6 Å². The maximum Gasteiger partial charge on any atom is 0.410 e. The Kier molecular flexibility index (Phi) is 8.76. The number of piperazine rings is 2. The Labute approximate surface area is 194 Å². The van der Waals surface area contributed by atoms with E-state index in [0.717, 1.165) is 31.7 Å². The van der Waals surface area contributed by atoms with Crippen LogP contribution in [0.2, 0.25) is 0 Å². The third-order valence-corrected chi connectivity index (χ3v) is 6.13. The number of rotatable bonds is 6. The Bertz CT molecular complexity index is 755. The zero-order valence-electron chi connectivity index (χ0n) is 18.9. The summed E-state index contributed by atoms with van der Waals surface area (Å²) in [4.78, 5) is 28.6. The largest absolute Gasteiger partial charge is 0.447 e. The van der Waals surface area contributed by atoms with Crippen molar-refractivity contribution in [3.8, 4) is 0 Å². The van der Waals surface area contributed by atoms with E-state index in [1.165, 1.54) is 0 Å². The van der Waals surface area contributed by atoms with Gasteiger partial charge in [0.1, 0.15) is 24.9 Å². The van der Waals surface area contributed by atoms with Crippen molar-refractivity contribution < 1.29 is 28.5 Å². The standard InChI is InChI=1S/C23H34N4O6/c28-22(26-11-7-24-8-12-26)32-17-20-21(31-16-18-4-2-1-3-5-18)19(6-15-30-20)33-23(29)27-13-9-25-10-14-27/h1-5,19-21,24-25H,6-17H2/t19-,20-,21+/m1/s1. The van der Waals surface area contributed by atoms with Gasteiger partial charge >= 0.3 is 12.2 Å². The maximum absolute atomic E-state index is 12.7. The summed E-state index contributed by atoms with van der Waals surface area (Å²) in [5.41, 5.74) is 1.01. The molecular weight excluding hydrogens is 428 g/mol. The van der Waals surface area contributed by atoms with Crippen LogP contribution in [-0.4, -0.2) is 106 Å². The molecule has 0 radical (unpaired) electrons. The van der Waals surface area contributed by atoms with Gasteiger partial charge in [-0.25, -0.2) is 9.59 Å². The van der Waals surface area contributed by atoms with Crippen LogP contribution in [0, 0.1) is 0 Å². The summed E-state index contributed by atoms with van der Waals surface area (Å²) in [6.07, 6.45) is -1.71. The number of hydrogen-bond donors (Lipinski definition) is 2. The predicted molar refractivity (Wildman–Crippen MR) is 120 cm³/mol. The molecule has 182 valence electrons. The number of hydrogen-bond acceptors (Lipinski definition) is 8. The summed E-state index contributed by atoms with van der Waals surface area (Å²) in [7, 11) is 0. The third kappa shape index (κ3) is 6.80. The Morgan fingerprint density at radius 2 is 1.58 bits per heavy atom. The van der Waals surface area contributed by atoms with Gasteiger partial charge in [0, 0.05) is 58.8 Å². The van der Waals surface area contributed by atoms with Crippen LogP contribution < -0.4 is 10.6 Å². The van der Waals surface area contributed by atoms with E-state index in [4.69, 9.17) is 18.9 Å². The first kappa shape index (κ1) is 23.7. The van der Waals surface area contributed by atoms with Crippen molar-refractivity contribution in [1.29, 1.82) is 0 Å². The second-order valence-electron chi connectivity index (χ2n) is 8.43. The van der Waals surface area contributed by atoms with Gasteiger partial charge in [-0.3, -0.25) is 0 Å². The van der Waals surface area contributed by atoms with Crippen molar-refractivity contribution in [2.24, 2.45) is 0 Å². The molecule has 0 aliphatic carbocycles. The van der Waals surface area contributed by atoms with Crippen molar-refractivity contribution in [2.75, 3.05) is 65.6 Å². The molecule has 3 aliphatic rings. The average Bonchev–Trinajstić information content (AvgIpc) is 2.88. The van der Waals surface area contributed by atoms with Crippen LogP contribution in [0.1, 0.15) is 12.0 Å². The second-order valence-corrected chi connectivity index (χ2v) is 8.43. The number of carbonyl (C=O) groups is 2. The smallest absolute Gasteiger partial charge is 0.410 e. The predicted octanol–water partition coefficient (Wildman–Crippen LogP) is 0.813. The number of ether oxygens (including phenoxy) is 4. The SMILES string of the molecule is O=C(OC[C@H]1OCC[C@@H](OC(=O)N2CCNCC2)[C@@H]1OCc1ccccc1)N1CCNCC1. The lowest BCUT2D eigenvalue weighted by atomic mass is 10.0. The lowest BCUT2D eigenvalue weighted by Gasteiger charge is -2.38. The molecule has 10 heteroatoms. The third-order valence-electron chi connectivity index (χ3n) is 6.13. The minimum atomic E-state index is -0.540. The highest BCUT2D eigenvalue weighted by Crippen LogP contribution is 2.24. The average molecular weight is 463 g/mol. The van der Waals surface area contributed by atoms with E-state index in [1.54, 1.807) is 9.80 Å². The molecule has 2 N–H and O–H groups in total. The molecular formula is C23H34N4O6. The molecule has 3 heterocycles. The number of amides is 2. The molecule has 3 saturated heterocycles. The van der Waals surface area contributed by atoms with E-state index in [0.29, 0.717) is 45.8 Å². The normalized spacial score (nSPS) is 26.0. The molecule has 4 rings (SSSR count). The van der Waals surface area contributed by atoms with E-state index in [9.17, 15) is 9.59 Å². The van der Waals surface area contributed by atoms with Gasteiger partial charge in [0.05, 0.1) is 13.2 Å². The number of nitrogens with one attached hydrogen (secondary N) is 2. The Morgan fingerprint density at radius 1 is 0.939 bits per heavy atom. The van der Waals surface area contributed by atoms with Gasteiger partial charge in [-0.15, -0.1) is 0 Å². The van der Waals surface area contributed by atoms with Gasteiger partial charge in [0.15, 0.2) is 0 Å². The van der Waals surface area contributed by atoms with Crippen LogP contribution in [0.3, 0.4) is 0 Å². The highest BCUT2D eigenvalue weighted by molar-refractivity contribution is 5.68. The van der Waals surface area contributed by atoms with Crippen molar-refractivity contribution >= 4 is 12.2 Å². The summed E-state index contributed by atoms with van der Waals surface area (Å²) in [5, 5.41) is 6.45. The molecule has 1 aromatic rings. The van der Waals surface area contributed by atoms with Crippen molar-refractivity contribution in [3.05, 3.63) is 35.9 Å². The van der Waals surface area contributed by atoms with Crippen LogP contribution in [0.4, 0.5) is 9.59 Å². The van der Waals surface area contributed by atoms with E-state index in [2.05, 4.69) is 10.6 Å². The topological polar surface area (TPSA) is 102 Å². The first-order valence-electron chi connectivity index (χ1n) is 11.8. The fourth-order valence-corrected chi connectivity index (χ4v) is 4.23. The highest BCUT2D eigenvalue weighted by Gasteiger charge is 2.39. The Hall–Kier alpha value is -2.40. The lowest BCUT2D eigenvalue weighted by molar-refractivity contribution is -0.178. The van der Waals surface area contributed by atoms with Crippen LogP contribution in [0.25, 0.3) is 0 Å². The number of nitrogens with zero attached hydrogens (tertiary/aromatic N) is 2. The zero-order valence-corrected chi connectivity index (χ0v) is 18.9. The van der Waals surface area contributed by atoms with Crippen molar-refractivity contribution in [3.63, 3.8) is 0 Å². The molecule has 1 aromatic carbocycles. The molecule has 0 unspecified atom stereocenters. The quantitative estimate of drug-likeness (QED) is 0.641. The maximum atomic E-state index is 12.7. The van der Waals surface area contributed by atoms with Crippen LogP contribution in [0.5, 0.6) is 0 Å². The number of carbonyl (C=O) groups excluding carboxylic acids is 2. The van der Waals surface area contributed by atoms with Crippen LogP contribution >= 0.6 is 0 Å². The molecule has 0 spiro atoms. The first-order chi connectivity index (χ1) is 16.2. The highest BCUT2D eigenvalue weighted by atomic mass is 16.6. The Morgan fingerprint density at radius 3 is 2.24 bits per heavy atom. The number of benzene rings is 1. The van der Waals surface area contributed by atoms with Gasteiger partial charge in [-0.05, 0) is 5.56 Å². The van der Waals surface area contributed by atoms with E-state index in [1.807, 2.05) is 30.3 Å².